The number of rotatable bonds is 21. The van der Waals surface area contributed by atoms with Crippen LogP contribution >= 0.6 is 0 Å². The molecule has 1 aromatic rings. The summed E-state index contributed by atoms with van der Waals surface area (Å²) in [6.45, 7) is 4.27. The fourth-order valence-corrected chi connectivity index (χ4v) is 3.83. The molecule has 0 aromatic heterocycles. The number of amides is 1. The van der Waals surface area contributed by atoms with E-state index in [0.717, 1.165) is 64.2 Å². The third kappa shape index (κ3) is 19.1. The van der Waals surface area contributed by atoms with Crippen LogP contribution in [0.15, 0.2) is 79.0 Å². The molecule has 0 radical (unpaired) electrons. The van der Waals surface area contributed by atoms with Crippen molar-refractivity contribution in [1.29, 1.82) is 0 Å². The topological polar surface area (TPSA) is 92.7 Å². The summed E-state index contributed by atoms with van der Waals surface area (Å²) in [4.78, 5) is 36.7. The molecule has 6 heteroatoms. The van der Waals surface area contributed by atoms with E-state index in [4.69, 9.17) is 4.74 Å². The van der Waals surface area contributed by atoms with Crippen molar-refractivity contribution in [3.63, 3.8) is 0 Å². The predicted molar refractivity (Wildman–Crippen MR) is 169 cm³/mol. The third-order valence-corrected chi connectivity index (χ3v) is 6.12. The molecule has 1 aromatic carbocycles. The first-order valence-corrected chi connectivity index (χ1v) is 15.1. The molecule has 0 unspecified atom stereocenters. The Morgan fingerprint density at radius 1 is 0.732 bits per heavy atom. The van der Waals surface area contributed by atoms with Gasteiger partial charge in [0.25, 0.3) is 0 Å². The number of phenolic OH excluding ortho intramolecular Hbond substituents is 1. The van der Waals surface area contributed by atoms with Gasteiger partial charge in [-0.25, -0.2) is 4.79 Å². The number of esters is 2. The zero-order valence-electron chi connectivity index (χ0n) is 25.0. The molecule has 0 spiro atoms. The Bertz CT molecular complexity index is 1050. The number of phenols is 1. The van der Waals surface area contributed by atoms with Crippen LogP contribution in [0.25, 0.3) is 0 Å². The van der Waals surface area contributed by atoms with Crippen LogP contribution in [0.4, 0.5) is 5.69 Å². The molecular formula is C35H49NO5. The number of anilines is 1. The molecule has 0 heterocycles. The fraction of sp³-hybridized carbons (Fsp3) is 0.457. The standard InChI is InChI=1S/C35H49NO5/c1-3-5-7-9-10-11-12-13-14-15-16-17-18-19-20-22-24-26-34(39)41-35(40)31-29-30(27-28-32(31)37)36-33(38)25-23-21-8-6-4-2/h5,7,10-11,13-14,16-17,19-20,27-29,37H,3-4,6,8-9,12,15,18,21-26H2,1-2H3,(H,36,38)/b7-5-,11-10-,14-13-,17-16-,20-19-. The number of carbonyl (C=O) groups excluding carboxylic acids is 3. The summed E-state index contributed by atoms with van der Waals surface area (Å²) in [5.74, 6) is -2.04. The maximum Gasteiger partial charge on any atom is 0.349 e. The highest BCUT2D eigenvalue weighted by Gasteiger charge is 2.18. The van der Waals surface area contributed by atoms with Crippen LogP contribution < -0.4 is 5.32 Å². The van der Waals surface area contributed by atoms with E-state index in [1.54, 1.807) is 0 Å². The highest BCUT2D eigenvalue weighted by atomic mass is 16.6. The molecule has 0 atom stereocenters. The van der Waals surface area contributed by atoms with Crippen LogP contribution in [-0.2, 0) is 14.3 Å². The van der Waals surface area contributed by atoms with E-state index in [-0.39, 0.29) is 23.6 Å². The molecule has 41 heavy (non-hydrogen) atoms. The molecule has 0 fully saturated rings. The average molecular weight is 564 g/mol. The highest BCUT2D eigenvalue weighted by Crippen LogP contribution is 2.23. The van der Waals surface area contributed by atoms with Gasteiger partial charge in [-0.05, 0) is 69.6 Å². The number of unbranched alkanes of at least 4 members (excludes halogenated alkanes) is 5. The minimum atomic E-state index is -0.932. The summed E-state index contributed by atoms with van der Waals surface area (Å²) in [7, 11) is 0. The van der Waals surface area contributed by atoms with E-state index >= 15 is 0 Å². The first kappa shape index (κ1) is 35.4. The molecule has 0 saturated carbocycles. The Hall–Kier alpha value is -3.67. The van der Waals surface area contributed by atoms with E-state index in [1.165, 1.54) is 18.2 Å². The molecule has 0 aliphatic heterocycles. The van der Waals surface area contributed by atoms with E-state index in [1.807, 2.05) is 12.2 Å². The van der Waals surface area contributed by atoms with Gasteiger partial charge in [0.1, 0.15) is 11.3 Å². The number of allylic oxidation sites excluding steroid dienone is 10. The fourth-order valence-electron chi connectivity index (χ4n) is 3.83. The average Bonchev–Trinajstić information content (AvgIpc) is 2.95. The number of ether oxygens (including phenoxy) is 1. The van der Waals surface area contributed by atoms with Crippen molar-refractivity contribution in [2.24, 2.45) is 0 Å². The van der Waals surface area contributed by atoms with Gasteiger partial charge in [-0.15, -0.1) is 0 Å². The highest BCUT2D eigenvalue weighted by molar-refractivity contribution is 6.00. The lowest BCUT2D eigenvalue weighted by Gasteiger charge is -2.09. The summed E-state index contributed by atoms with van der Waals surface area (Å²) in [5.41, 5.74) is 0.219. The molecule has 0 aliphatic rings. The number of carbonyl (C=O) groups is 3. The second-order valence-corrected chi connectivity index (χ2v) is 9.81. The molecule has 0 saturated heterocycles. The van der Waals surface area contributed by atoms with E-state index in [2.05, 4.69) is 67.8 Å². The first-order chi connectivity index (χ1) is 20.0. The summed E-state index contributed by atoms with van der Waals surface area (Å²) >= 11 is 0. The van der Waals surface area contributed by atoms with Crippen molar-refractivity contribution in [3.8, 4) is 5.75 Å². The van der Waals surface area contributed by atoms with Gasteiger partial charge in [0.05, 0.1) is 0 Å². The number of aromatic hydroxyl groups is 1. The van der Waals surface area contributed by atoms with Crippen molar-refractivity contribution >= 4 is 23.5 Å². The lowest BCUT2D eigenvalue weighted by atomic mass is 10.1. The Balaban J connectivity index is 2.26. The Kier molecular flexibility index (Phi) is 20.8. The number of benzene rings is 1. The molecule has 1 rings (SSSR count). The second-order valence-electron chi connectivity index (χ2n) is 9.81. The van der Waals surface area contributed by atoms with Gasteiger partial charge < -0.3 is 15.2 Å². The van der Waals surface area contributed by atoms with Gasteiger partial charge in [-0.3, -0.25) is 9.59 Å². The van der Waals surface area contributed by atoms with Crippen LogP contribution in [0.2, 0.25) is 0 Å². The van der Waals surface area contributed by atoms with Crippen LogP contribution in [-0.4, -0.2) is 23.0 Å². The van der Waals surface area contributed by atoms with E-state index in [9.17, 15) is 19.5 Å². The summed E-state index contributed by atoms with van der Waals surface area (Å²) in [6.07, 6.45) is 33.0. The lowest BCUT2D eigenvalue weighted by molar-refractivity contribution is -0.138. The lowest BCUT2D eigenvalue weighted by Crippen LogP contribution is -2.14. The minimum absolute atomic E-state index is 0.0925. The van der Waals surface area contributed by atoms with E-state index in [0.29, 0.717) is 24.9 Å². The Morgan fingerprint density at radius 3 is 1.93 bits per heavy atom. The van der Waals surface area contributed by atoms with Gasteiger partial charge >= 0.3 is 11.9 Å². The maximum absolute atomic E-state index is 12.4. The van der Waals surface area contributed by atoms with Gasteiger partial charge in [0.15, 0.2) is 0 Å². The summed E-state index contributed by atoms with van der Waals surface area (Å²) < 4.78 is 4.91. The van der Waals surface area contributed by atoms with Crippen LogP contribution in [0.1, 0.15) is 114 Å². The largest absolute Gasteiger partial charge is 0.507 e. The van der Waals surface area contributed by atoms with Crippen molar-refractivity contribution in [2.75, 3.05) is 5.32 Å². The molecule has 0 aliphatic carbocycles. The van der Waals surface area contributed by atoms with Gasteiger partial charge in [-0.1, -0.05) is 100 Å². The third-order valence-electron chi connectivity index (χ3n) is 6.12. The number of hydrogen-bond acceptors (Lipinski definition) is 5. The molecule has 6 nitrogen and oxygen atoms in total. The maximum atomic E-state index is 12.4. The molecule has 224 valence electrons. The van der Waals surface area contributed by atoms with Crippen molar-refractivity contribution in [3.05, 3.63) is 84.5 Å². The second kappa shape index (κ2) is 24.2. The predicted octanol–water partition coefficient (Wildman–Crippen LogP) is 9.30. The van der Waals surface area contributed by atoms with Crippen molar-refractivity contribution in [2.45, 2.75) is 104 Å². The molecule has 2 N–H and O–H groups in total. The molecule has 1 amide bonds. The van der Waals surface area contributed by atoms with E-state index < -0.39 is 11.9 Å². The normalized spacial score (nSPS) is 12.0. The van der Waals surface area contributed by atoms with Crippen LogP contribution in [0.3, 0.4) is 0 Å². The van der Waals surface area contributed by atoms with Crippen LogP contribution in [0, 0.1) is 0 Å². The van der Waals surface area contributed by atoms with Crippen molar-refractivity contribution in [1.82, 2.24) is 0 Å². The van der Waals surface area contributed by atoms with Gasteiger partial charge in [0, 0.05) is 18.5 Å². The number of nitrogens with one attached hydrogen (secondary N) is 1. The summed E-state index contributed by atoms with van der Waals surface area (Å²) in [6, 6.07) is 4.14. The minimum Gasteiger partial charge on any atom is -0.507 e. The molecular weight excluding hydrogens is 514 g/mol. The zero-order chi connectivity index (χ0) is 30.0. The van der Waals surface area contributed by atoms with Crippen molar-refractivity contribution < 1.29 is 24.2 Å². The zero-order valence-corrected chi connectivity index (χ0v) is 25.0. The van der Waals surface area contributed by atoms with Gasteiger partial charge in [-0.2, -0.15) is 0 Å². The number of hydrogen-bond donors (Lipinski definition) is 2. The first-order valence-electron chi connectivity index (χ1n) is 15.1. The summed E-state index contributed by atoms with van der Waals surface area (Å²) in [5, 5.41) is 12.8. The van der Waals surface area contributed by atoms with Gasteiger partial charge in [0.2, 0.25) is 5.91 Å². The van der Waals surface area contributed by atoms with Crippen LogP contribution in [0.5, 0.6) is 5.75 Å². The Morgan fingerprint density at radius 2 is 1.32 bits per heavy atom. The molecule has 0 bridgehead atoms. The SMILES string of the molecule is CC/C=C\C/C=C\C/C=C\C/C=C\C/C=C\CCCC(=O)OC(=O)c1cc(NC(=O)CCCCCCC)ccc1O. The quantitative estimate of drug-likeness (QED) is 0.0511. The Labute approximate surface area is 247 Å². The smallest absolute Gasteiger partial charge is 0.349 e. The monoisotopic (exact) mass is 563 g/mol.